The van der Waals surface area contributed by atoms with E-state index >= 15 is 0 Å². The van der Waals surface area contributed by atoms with E-state index in [4.69, 9.17) is 4.74 Å². The van der Waals surface area contributed by atoms with E-state index in [9.17, 15) is 14.4 Å². The number of amides is 2. The van der Waals surface area contributed by atoms with Gasteiger partial charge in [-0.3, -0.25) is 19.3 Å². The highest BCUT2D eigenvalue weighted by Gasteiger charge is 2.35. The third kappa shape index (κ3) is 2.75. The molecule has 106 valence electrons. The van der Waals surface area contributed by atoms with Crippen LogP contribution in [0.5, 0.6) is 5.75 Å². The molecule has 0 aromatic heterocycles. The number of hydrogen-bond acceptors (Lipinski definition) is 4. The van der Waals surface area contributed by atoms with E-state index in [1.807, 2.05) is 0 Å². The van der Waals surface area contributed by atoms with Crippen LogP contribution in [0.4, 0.5) is 0 Å². The van der Waals surface area contributed by atoms with Gasteiger partial charge in [-0.1, -0.05) is 15.9 Å². The second-order valence-electron chi connectivity index (χ2n) is 4.54. The fourth-order valence-corrected chi connectivity index (χ4v) is 2.67. The Hall–Kier alpha value is -1.69. The highest BCUT2D eigenvalue weighted by molar-refractivity contribution is 9.10. The fraction of sp³-hybridized carbons (Fsp3) is 0.357. The molecule has 0 saturated carbocycles. The van der Waals surface area contributed by atoms with Crippen molar-refractivity contribution in [3.8, 4) is 5.75 Å². The summed E-state index contributed by atoms with van der Waals surface area (Å²) in [6.45, 7) is 0.377. The molecule has 5 nitrogen and oxygen atoms in total. The molecule has 0 bridgehead atoms. The van der Waals surface area contributed by atoms with Gasteiger partial charge in [-0.15, -0.1) is 0 Å². The molecule has 0 radical (unpaired) electrons. The molecule has 1 aromatic carbocycles. The summed E-state index contributed by atoms with van der Waals surface area (Å²) < 4.78 is 5.90. The van der Waals surface area contributed by atoms with E-state index in [0.29, 0.717) is 37.1 Å². The Morgan fingerprint density at radius 2 is 2.25 bits per heavy atom. The van der Waals surface area contributed by atoms with Gasteiger partial charge in [0.15, 0.2) is 5.78 Å². The average molecular weight is 340 g/mol. The quantitative estimate of drug-likeness (QED) is 0.478. The van der Waals surface area contributed by atoms with Crippen LogP contribution >= 0.6 is 15.9 Å². The Balaban J connectivity index is 2.33. The summed E-state index contributed by atoms with van der Waals surface area (Å²) >= 11 is 3.30. The third-order valence-corrected chi connectivity index (χ3v) is 3.84. The van der Waals surface area contributed by atoms with Crippen LogP contribution in [0.1, 0.15) is 23.2 Å². The summed E-state index contributed by atoms with van der Waals surface area (Å²) in [7, 11) is 1.47. The lowest BCUT2D eigenvalue weighted by Gasteiger charge is -2.27. The third-order valence-electron chi connectivity index (χ3n) is 3.34. The Labute approximate surface area is 125 Å². The van der Waals surface area contributed by atoms with Crippen molar-refractivity contribution in [1.82, 2.24) is 4.90 Å². The zero-order valence-electron chi connectivity index (χ0n) is 11.0. The van der Waals surface area contributed by atoms with Crippen molar-refractivity contribution in [1.29, 1.82) is 0 Å². The number of likely N-dealkylation sites (tertiary alicyclic amines) is 1. The zero-order valence-corrected chi connectivity index (χ0v) is 12.6. The molecular weight excluding hydrogens is 326 g/mol. The van der Waals surface area contributed by atoms with E-state index in [0.717, 1.165) is 9.37 Å². The topological polar surface area (TPSA) is 63.7 Å². The monoisotopic (exact) mass is 339 g/mol. The maximum atomic E-state index is 12.5. The maximum Gasteiger partial charge on any atom is 0.239 e. The average Bonchev–Trinajstić information content (AvgIpc) is 2.46. The number of imide groups is 1. The first-order chi connectivity index (χ1) is 9.58. The van der Waals surface area contributed by atoms with Gasteiger partial charge in [0.05, 0.1) is 12.7 Å². The first-order valence-corrected chi connectivity index (χ1v) is 7.01. The van der Waals surface area contributed by atoms with Crippen LogP contribution in [-0.2, 0) is 9.59 Å². The molecule has 0 N–H and O–H groups in total. The largest absolute Gasteiger partial charge is 0.496 e. The molecule has 1 aliphatic heterocycles. The highest BCUT2D eigenvalue weighted by Crippen LogP contribution is 2.29. The van der Waals surface area contributed by atoms with Gasteiger partial charge in [-0.25, -0.2) is 0 Å². The molecule has 0 aliphatic carbocycles. The maximum absolute atomic E-state index is 12.5. The molecule has 20 heavy (non-hydrogen) atoms. The summed E-state index contributed by atoms with van der Waals surface area (Å²) in [6, 6.07) is 5.06. The molecule has 2 rings (SSSR count). The first kappa shape index (κ1) is 14.7. The summed E-state index contributed by atoms with van der Waals surface area (Å²) in [5.41, 5.74) is 0.355. The van der Waals surface area contributed by atoms with E-state index in [2.05, 4.69) is 15.9 Å². The van der Waals surface area contributed by atoms with Crippen LogP contribution in [-0.4, -0.2) is 36.7 Å². The first-order valence-electron chi connectivity index (χ1n) is 6.22. The Bertz CT molecular complexity index is 558. The molecule has 1 aromatic rings. The Morgan fingerprint density at radius 3 is 2.90 bits per heavy atom. The van der Waals surface area contributed by atoms with Crippen LogP contribution in [0.25, 0.3) is 0 Å². The lowest BCUT2D eigenvalue weighted by atomic mass is 9.89. The number of Topliss-reactive ketones (excluding diaryl/α,β-unsaturated/α-hetero) is 1. The Kier molecular flexibility index (Phi) is 4.54. The van der Waals surface area contributed by atoms with Gasteiger partial charge in [-0.05, 0) is 31.0 Å². The van der Waals surface area contributed by atoms with Gasteiger partial charge in [0.2, 0.25) is 12.3 Å². The minimum absolute atomic E-state index is 0.306. The molecular formula is C14H14BrNO4. The molecule has 1 aliphatic rings. The number of rotatable bonds is 4. The van der Waals surface area contributed by atoms with Crippen molar-refractivity contribution < 1.29 is 19.1 Å². The molecule has 1 saturated heterocycles. The van der Waals surface area contributed by atoms with Gasteiger partial charge in [0.1, 0.15) is 11.7 Å². The molecule has 0 spiro atoms. The molecule has 1 fully saturated rings. The summed E-state index contributed by atoms with van der Waals surface area (Å²) in [5, 5.41) is 0. The fourth-order valence-electron chi connectivity index (χ4n) is 2.31. The van der Waals surface area contributed by atoms with E-state index < -0.39 is 11.8 Å². The normalized spacial score (nSPS) is 18.8. The molecule has 1 unspecified atom stereocenters. The lowest BCUT2D eigenvalue weighted by molar-refractivity contribution is -0.142. The van der Waals surface area contributed by atoms with Crippen molar-refractivity contribution in [2.45, 2.75) is 12.8 Å². The van der Waals surface area contributed by atoms with Crippen LogP contribution < -0.4 is 4.74 Å². The number of methoxy groups -OCH3 is 1. The van der Waals surface area contributed by atoms with Crippen molar-refractivity contribution in [2.24, 2.45) is 5.92 Å². The van der Waals surface area contributed by atoms with E-state index in [1.54, 1.807) is 18.2 Å². The van der Waals surface area contributed by atoms with Gasteiger partial charge >= 0.3 is 0 Å². The van der Waals surface area contributed by atoms with Gasteiger partial charge < -0.3 is 4.74 Å². The van der Waals surface area contributed by atoms with Gasteiger partial charge in [0.25, 0.3) is 0 Å². The van der Waals surface area contributed by atoms with Gasteiger partial charge in [0, 0.05) is 11.0 Å². The van der Waals surface area contributed by atoms with Crippen molar-refractivity contribution in [3.05, 3.63) is 28.2 Å². The number of ketones is 1. The standard InChI is InChI=1S/C14H14BrNO4/c1-20-12-5-4-9(15)7-11(12)13(18)10-3-2-6-16(8-17)14(10)19/h4-5,7-8,10H,2-3,6H2,1H3. The number of hydrogen-bond donors (Lipinski definition) is 0. The van der Waals surface area contributed by atoms with Crippen molar-refractivity contribution in [3.63, 3.8) is 0 Å². The summed E-state index contributed by atoms with van der Waals surface area (Å²) in [4.78, 5) is 36.5. The second kappa shape index (κ2) is 6.17. The smallest absolute Gasteiger partial charge is 0.239 e. The lowest BCUT2D eigenvalue weighted by Crippen LogP contribution is -2.43. The minimum Gasteiger partial charge on any atom is -0.496 e. The van der Waals surface area contributed by atoms with Crippen molar-refractivity contribution in [2.75, 3.05) is 13.7 Å². The number of halogens is 1. The van der Waals surface area contributed by atoms with Crippen LogP contribution in [0.3, 0.4) is 0 Å². The van der Waals surface area contributed by atoms with Crippen LogP contribution in [0.15, 0.2) is 22.7 Å². The SMILES string of the molecule is COc1ccc(Br)cc1C(=O)C1CCCN(C=O)C1=O. The summed E-state index contributed by atoms with van der Waals surface area (Å²) in [6.07, 6.45) is 1.58. The van der Waals surface area contributed by atoms with Crippen LogP contribution in [0, 0.1) is 5.92 Å². The van der Waals surface area contributed by atoms with Gasteiger partial charge in [-0.2, -0.15) is 0 Å². The number of ether oxygens (including phenoxy) is 1. The molecule has 1 atom stereocenters. The van der Waals surface area contributed by atoms with Crippen LogP contribution in [0.2, 0.25) is 0 Å². The highest BCUT2D eigenvalue weighted by atomic mass is 79.9. The van der Waals surface area contributed by atoms with Crippen molar-refractivity contribution >= 4 is 34.0 Å². The zero-order chi connectivity index (χ0) is 14.7. The predicted octanol–water partition coefficient (Wildman–Crippen LogP) is 2.04. The Morgan fingerprint density at radius 1 is 1.50 bits per heavy atom. The van der Waals surface area contributed by atoms with E-state index in [1.165, 1.54) is 7.11 Å². The minimum atomic E-state index is -0.808. The predicted molar refractivity (Wildman–Crippen MR) is 75.5 cm³/mol. The number of carbonyl (C=O) groups excluding carboxylic acids is 3. The molecule has 1 heterocycles. The van der Waals surface area contributed by atoms with E-state index in [-0.39, 0.29) is 5.78 Å². The number of carbonyl (C=O) groups is 3. The summed E-state index contributed by atoms with van der Waals surface area (Å²) in [5.74, 6) is -1.12. The number of piperidine rings is 1. The molecule has 6 heteroatoms. The molecule has 2 amide bonds. The second-order valence-corrected chi connectivity index (χ2v) is 5.46. The number of benzene rings is 1. The number of nitrogens with zero attached hydrogens (tertiary/aromatic N) is 1.